The Bertz CT molecular complexity index is 3430. The van der Waals surface area contributed by atoms with Crippen molar-refractivity contribution in [3.63, 3.8) is 0 Å². The first-order valence-electron chi connectivity index (χ1n) is 21.2. The predicted octanol–water partition coefficient (Wildman–Crippen LogP) is 5.60. The van der Waals surface area contributed by atoms with Gasteiger partial charge in [-0.3, -0.25) is 4.98 Å². The Balaban J connectivity index is 1.34. The zero-order chi connectivity index (χ0) is 39.3. The Morgan fingerprint density at radius 3 is 1.24 bits per heavy atom. The summed E-state index contributed by atoms with van der Waals surface area (Å²) in [5.41, 5.74) is 31.3. The van der Waals surface area contributed by atoms with Gasteiger partial charge in [0.15, 0.2) is 0 Å². The van der Waals surface area contributed by atoms with Crippen molar-refractivity contribution in [1.82, 2.24) is 14.1 Å². The summed E-state index contributed by atoms with van der Waals surface area (Å²) >= 11 is 0. The highest BCUT2D eigenvalue weighted by Gasteiger charge is 2.51. The number of hydrogen-bond donors (Lipinski definition) is 0. The van der Waals surface area contributed by atoms with E-state index in [2.05, 4.69) is 166 Å². The molecule has 3 nitrogen and oxygen atoms in total. The molecule has 14 rings (SSSR count). The van der Waals surface area contributed by atoms with Crippen LogP contribution in [0.1, 0.15) is 33.4 Å². The lowest BCUT2D eigenvalue weighted by Gasteiger charge is -2.43. The van der Waals surface area contributed by atoms with E-state index in [0.29, 0.717) is 0 Å². The fourth-order valence-corrected chi connectivity index (χ4v) is 12.8. The maximum Gasteiger partial charge on any atom is 0.252 e. The van der Waals surface area contributed by atoms with Gasteiger partial charge < -0.3 is 9.13 Å². The molecule has 10 aromatic rings. The topological polar surface area (TPSA) is 22.8 Å². The average Bonchev–Trinajstić information content (AvgIpc) is 3.81. The van der Waals surface area contributed by atoms with Crippen molar-refractivity contribution in [1.29, 1.82) is 0 Å². The molecule has 0 aliphatic carbocycles. The molecule has 0 bridgehead atoms. The summed E-state index contributed by atoms with van der Waals surface area (Å²) in [5.74, 6) is 0. The van der Waals surface area contributed by atoms with Gasteiger partial charge in [-0.05, 0) is 119 Å². The van der Waals surface area contributed by atoms with Gasteiger partial charge in [0.2, 0.25) is 13.4 Å². The minimum atomic E-state index is 0.00534. The molecule has 0 N–H and O–H groups in total. The molecule has 0 radical (unpaired) electrons. The van der Waals surface area contributed by atoms with E-state index in [0.717, 1.165) is 0 Å². The highest BCUT2D eigenvalue weighted by atomic mass is 15.1. The Labute approximate surface area is 344 Å². The van der Waals surface area contributed by atoms with Crippen molar-refractivity contribution in [3.8, 4) is 22.5 Å². The van der Waals surface area contributed by atoms with Crippen molar-refractivity contribution < 1.29 is 0 Å². The second-order valence-electron chi connectivity index (χ2n) is 18.1. The quantitative estimate of drug-likeness (QED) is 0.216. The fraction of sp³-hybridized carbons (Fsp3) is 0.113. The first kappa shape index (κ1) is 32.4. The monoisotopic (exact) mass is 749 g/mol. The van der Waals surface area contributed by atoms with E-state index < -0.39 is 0 Å². The molecular weight excluding hydrogens is 711 g/mol. The second kappa shape index (κ2) is 10.7. The molecule has 7 aromatic carbocycles. The van der Waals surface area contributed by atoms with Crippen LogP contribution in [-0.2, 0) is 0 Å². The third kappa shape index (κ3) is 3.66. The smallest absolute Gasteiger partial charge is 0.252 e. The van der Waals surface area contributed by atoms with Crippen LogP contribution < -0.4 is 49.2 Å². The summed E-state index contributed by atoms with van der Waals surface area (Å²) in [4.78, 5) is 4.90. The number of fused-ring (bicyclic) bond motifs is 4. The summed E-state index contributed by atoms with van der Waals surface area (Å²) in [5, 5.41) is 5.62. The minimum absolute atomic E-state index is 0.00534. The number of nitrogens with zero attached hydrogens (tertiary/aromatic N) is 3. The SMILES string of the molecule is Cc1cccc(B2c3c(-c4cccnc4)c4c5c6c3-n3c7c2ccc(C)c7c2c(C)ccc(c23)B6c2ccc(C)c3c6c(C)ccc(c6n-5c23)B4c2cccc(C)c2)c1. The molecular formula is C53H38B3N3. The van der Waals surface area contributed by atoms with Gasteiger partial charge in [0.25, 0.3) is 6.71 Å². The number of aromatic nitrogens is 3. The van der Waals surface area contributed by atoms with E-state index in [1.54, 1.807) is 0 Å². The summed E-state index contributed by atoms with van der Waals surface area (Å²) in [6.07, 6.45) is 4.07. The van der Waals surface area contributed by atoms with Gasteiger partial charge in [0, 0.05) is 67.4 Å². The molecule has 0 spiro atoms. The van der Waals surface area contributed by atoms with Crippen LogP contribution >= 0.6 is 0 Å². The van der Waals surface area contributed by atoms with E-state index >= 15 is 0 Å². The lowest BCUT2D eigenvalue weighted by molar-refractivity contribution is 1.15. The zero-order valence-corrected chi connectivity index (χ0v) is 34.1. The molecule has 0 fully saturated rings. The normalized spacial score (nSPS) is 13.8. The Morgan fingerprint density at radius 2 is 0.847 bits per heavy atom. The molecule has 0 saturated heterocycles. The van der Waals surface area contributed by atoms with Crippen LogP contribution in [0.5, 0.6) is 0 Å². The molecule has 59 heavy (non-hydrogen) atoms. The standard InChI is InChI=1S/C53H38B3N3/c1-27-10-7-13-34(24-27)54-36-19-15-29(3)40-42-31(5)17-21-38-50(42)58(48(36)40)52-45(54)44(33-12-9-23-57-26-33)46-53-47(52)56(38)39-22-18-32(6)43-41-30(4)16-20-37(49(41)59(53)51(39)43)55(46)35-14-8-11-28(2)25-35/h7-26H,1-6H3. The van der Waals surface area contributed by atoms with Crippen LogP contribution in [-0.4, -0.2) is 34.3 Å². The lowest BCUT2D eigenvalue weighted by atomic mass is 9.26. The van der Waals surface area contributed by atoms with Gasteiger partial charge in [0.1, 0.15) is 0 Å². The van der Waals surface area contributed by atoms with Gasteiger partial charge in [-0.25, -0.2) is 0 Å². The van der Waals surface area contributed by atoms with E-state index in [1.807, 2.05) is 6.20 Å². The third-order valence-electron chi connectivity index (χ3n) is 14.9. The molecule has 0 atom stereocenters. The predicted molar refractivity (Wildman–Crippen MR) is 254 cm³/mol. The molecule has 4 aliphatic heterocycles. The maximum absolute atomic E-state index is 4.90. The Hall–Kier alpha value is -6.52. The maximum atomic E-state index is 4.90. The van der Waals surface area contributed by atoms with Gasteiger partial charge in [-0.2, -0.15) is 0 Å². The summed E-state index contributed by atoms with van der Waals surface area (Å²) in [7, 11) is 0. The number of pyridine rings is 1. The van der Waals surface area contributed by atoms with Crippen molar-refractivity contribution in [3.05, 3.63) is 155 Å². The molecule has 4 aliphatic rings. The highest BCUT2D eigenvalue weighted by Crippen LogP contribution is 2.44. The highest BCUT2D eigenvalue weighted by molar-refractivity contribution is 7.07. The molecule has 0 saturated carbocycles. The first-order valence-corrected chi connectivity index (χ1v) is 21.2. The lowest BCUT2D eigenvalue weighted by Crippen LogP contribution is -2.70. The first-order chi connectivity index (χ1) is 28.8. The van der Waals surface area contributed by atoms with Crippen LogP contribution in [0.2, 0.25) is 0 Å². The van der Waals surface area contributed by atoms with Crippen LogP contribution in [0, 0.1) is 41.5 Å². The summed E-state index contributed by atoms with van der Waals surface area (Å²) in [6.45, 7) is 13.9. The van der Waals surface area contributed by atoms with Gasteiger partial charge in [-0.1, -0.05) is 125 Å². The number of benzene rings is 7. The summed E-state index contributed by atoms with van der Waals surface area (Å²) in [6, 6.07) is 42.7. The Morgan fingerprint density at radius 1 is 0.424 bits per heavy atom. The minimum Gasteiger partial charge on any atom is -0.311 e. The third-order valence-corrected chi connectivity index (χ3v) is 14.9. The van der Waals surface area contributed by atoms with Crippen molar-refractivity contribution >= 4 is 113 Å². The van der Waals surface area contributed by atoms with E-state index in [-0.39, 0.29) is 20.1 Å². The van der Waals surface area contributed by atoms with E-state index in [4.69, 9.17) is 4.98 Å². The van der Waals surface area contributed by atoms with E-state index in [1.165, 1.54) is 149 Å². The van der Waals surface area contributed by atoms with Crippen LogP contribution in [0.4, 0.5) is 0 Å². The number of hydrogen-bond acceptors (Lipinski definition) is 1. The molecule has 3 aromatic heterocycles. The summed E-state index contributed by atoms with van der Waals surface area (Å²) < 4.78 is 5.51. The van der Waals surface area contributed by atoms with Crippen LogP contribution in [0.15, 0.2) is 122 Å². The van der Waals surface area contributed by atoms with Crippen molar-refractivity contribution in [2.24, 2.45) is 0 Å². The number of rotatable bonds is 3. The largest absolute Gasteiger partial charge is 0.311 e. The van der Waals surface area contributed by atoms with Gasteiger partial charge >= 0.3 is 0 Å². The van der Waals surface area contributed by atoms with Crippen molar-refractivity contribution in [2.75, 3.05) is 0 Å². The van der Waals surface area contributed by atoms with Gasteiger partial charge in [-0.15, -0.1) is 0 Å². The molecule has 0 unspecified atom stereocenters. The van der Waals surface area contributed by atoms with Crippen LogP contribution in [0.25, 0.3) is 66.1 Å². The second-order valence-corrected chi connectivity index (χ2v) is 18.1. The van der Waals surface area contributed by atoms with Crippen molar-refractivity contribution in [2.45, 2.75) is 41.5 Å². The number of aryl methyl sites for hydroxylation is 6. The fourth-order valence-electron chi connectivity index (χ4n) is 12.8. The average molecular weight is 749 g/mol. The zero-order valence-electron chi connectivity index (χ0n) is 34.1. The molecule has 6 heteroatoms. The van der Waals surface area contributed by atoms with Crippen LogP contribution in [0.3, 0.4) is 0 Å². The molecule has 0 amide bonds. The van der Waals surface area contributed by atoms with E-state index in [9.17, 15) is 0 Å². The van der Waals surface area contributed by atoms with Gasteiger partial charge in [0.05, 0.1) is 0 Å². The molecule has 274 valence electrons. The molecule has 7 heterocycles. The Kier molecular flexibility index (Phi) is 5.91.